The number of quaternary nitrogens is 1. The van der Waals surface area contributed by atoms with Crippen LogP contribution in [-0.4, -0.2) is 75.6 Å². The number of unbranched alkanes of at least 4 members (excludes halogenated alkanes) is 19. The maximum absolute atomic E-state index is 12.2. The van der Waals surface area contributed by atoms with E-state index in [0.29, 0.717) is 17.6 Å². The number of esters is 1. The number of hydrogen-bond acceptors (Lipinski definition) is 6. The molecule has 0 fully saturated rings. The van der Waals surface area contributed by atoms with Crippen molar-refractivity contribution in [3.8, 4) is 0 Å². The molecular formula is C39H77NO7P+. The van der Waals surface area contributed by atoms with Crippen LogP contribution in [0.1, 0.15) is 162 Å². The van der Waals surface area contributed by atoms with Crippen molar-refractivity contribution in [2.75, 3.05) is 54.1 Å². The SMILES string of the molecule is CCCCCCC/C=C\C/C=C\CCCCCCCCCCCCCCCCOCC(COP(=O)(O)OCC[N+](C)(C)C)OC(=O)CC. The predicted molar refractivity (Wildman–Crippen MR) is 201 cm³/mol. The molecule has 0 radical (unpaired) electrons. The highest BCUT2D eigenvalue weighted by atomic mass is 31.2. The van der Waals surface area contributed by atoms with Crippen LogP contribution in [0.5, 0.6) is 0 Å². The van der Waals surface area contributed by atoms with Crippen LogP contribution in [0.4, 0.5) is 0 Å². The third-order valence-corrected chi connectivity index (χ3v) is 9.30. The van der Waals surface area contributed by atoms with Gasteiger partial charge in [-0.15, -0.1) is 0 Å². The van der Waals surface area contributed by atoms with Crippen LogP contribution in [0, 0.1) is 0 Å². The lowest BCUT2D eigenvalue weighted by atomic mass is 10.0. The second-order valence-electron chi connectivity index (χ2n) is 14.3. The van der Waals surface area contributed by atoms with Crippen molar-refractivity contribution in [2.24, 2.45) is 0 Å². The fourth-order valence-corrected chi connectivity index (χ4v) is 5.95. The number of carbonyl (C=O) groups excluding carboxylic acids is 1. The van der Waals surface area contributed by atoms with Gasteiger partial charge in [0, 0.05) is 13.0 Å². The van der Waals surface area contributed by atoms with E-state index in [2.05, 4.69) is 31.2 Å². The quantitative estimate of drug-likeness (QED) is 0.0228. The van der Waals surface area contributed by atoms with Crippen molar-refractivity contribution < 1.29 is 37.3 Å². The van der Waals surface area contributed by atoms with Crippen molar-refractivity contribution >= 4 is 13.8 Å². The van der Waals surface area contributed by atoms with Gasteiger partial charge in [0.05, 0.1) is 34.4 Å². The average Bonchev–Trinajstić information content (AvgIpc) is 3.04. The molecule has 284 valence electrons. The molecule has 2 atom stereocenters. The summed E-state index contributed by atoms with van der Waals surface area (Å²) >= 11 is 0. The third kappa shape index (κ3) is 36.3. The van der Waals surface area contributed by atoms with Crippen LogP contribution >= 0.6 is 7.82 Å². The van der Waals surface area contributed by atoms with E-state index in [1.807, 2.05) is 21.1 Å². The number of phosphoric ester groups is 1. The number of rotatable bonds is 36. The Bertz CT molecular complexity index is 828. The Balaban J connectivity index is 3.62. The fraction of sp³-hybridized carbons (Fsp3) is 0.872. The van der Waals surface area contributed by atoms with Gasteiger partial charge in [-0.05, 0) is 38.5 Å². The lowest BCUT2D eigenvalue weighted by Gasteiger charge is -2.24. The van der Waals surface area contributed by atoms with Gasteiger partial charge >= 0.3 is 13.8 Å². The average molecular weight is 703 g/mol. The van der Waals surface area contributed by atoms with Crippen LogP contribution in [0.25, 0.3) is 0 Å². The summed E-state index contributed by atoms with van der Waals surface area (Å²) in [6, 6.07) is 0. The van der Waals surface area contributed by atoms with Gasteiger partial charge in [-0.1, -0.05) is 141 Å². The van der Waals surface area contributed by atoms with E-state index in [0.717, 1.165) is 19.3 Å². The Morgan fingerprint density at radius 2 is 1.12 bits per heavy atom. The molecule has 9 heteroatoms. The van der Waals surface area contributed by atoms with Crippen LogP contribution in [0.15, 0.2) is 24.3 Å². The molecule has 0 aromatic heterocycles. The number of allylic oxidation sites excluding steroid dienone is 4. The zero-order valence-electron chi connectivity index (χ0n) is 32.0. The summed E-state index contributed by atoms with van der Waals surface area (Å²) in [5, 5.41) is 0. The molecule has 2 unspecified atom stereocenters. The summed E-state index contributed by atoms with van der Waals surface area (Å²) in [7, 11) is 1.66. The standard InChI is InChI=1S/C39H76NO7P/c1-6-8-9-10-11-12-13-14-15-16-17-18-19-20-21-22-23-24-25-26-27-28-29-30-31-32-34-44-36-38(47-39(41)7-2)37-46-48(42,43)45-35-33-40(3,4)5/h13-14,16-17,38H,6-12,15,18-37H2,1-5H3/p+1/b14-13-,17-16-. The Morgan fingerprint density at radius 1 is 0.646 bits per heavy atom. The summed E-state index contributed by atoms with van der Waals surface area (Å²) in [6.45, 7) is 5.05. The van der Waals surface area contributed by atoms with Crippen molar-refractivity contribution in [2.45, 2.75) is 168 Å². The third-order valence-electron chi connectivity index (χ3n) is 8.32. The maximum Gasteiger partial charge on any atom is 0.472 e. The number of likely N-dealkylation sites (N-methyl/N-ethyl adjacent to an activating group) is 1. The first kappa shape index (κ1) is 47.0. The maximum atomic E-state index is 12.2. The number of hydrogen-bond donors (Lipinski definition) is 1. The van der Waals surface area contributed by atoms with E-state index in [1.165, 1.54) is 122 Å². The predicted octanol–water partition coefficient (Wildman–Crippen LogP) is 10.9. The van der Waals surface area contributed by atoms with Crippen LogP contribution in [0.2, 0.25) is 0 Å². The number of ether oxygens (including phenoxy) is 2. The summed E-state index contributed by atoms with van der Waals surface area (Å²) < 4.78 is 33.9. The molecule has 48 heavy (non-hydrogen) atoms. The second kappa shape index (κ2) is 33.1. The molecule has 0 rings (SSSR count). The van der Waals surface area contributed by atoms with Gasteiger partial charge in [-0.3, -0.25) is 13.8 Å². The molecule has 0 saturated heterocycles. The Labute approximate surface area is 296 Å². The van der Waals surface area contributed by atoms with Gasteiger partial charge in [-0.25, -0.2) is 4.57 Å². The van der Waals surface area contributed by atoms with Crippen molar-refractivity contribution in [3.63, 3.8) is 0 Å². The normalized spacial score (nSPS) is 14.2. The van der Waals surface area contributed by atoms with Gasteiger partial charge in [0.2, 0.25) is 0 Å². The molecule has 0 amide bonds. The lowest BCUT2D eigenvalue weighted by Crippen LogP contribution is -2.37. The minimum Gasteiger partial charge on any atom is -0.457 e. The zero-order valence-corrected chi connectivity index (χ0v) is 32.9. The zero-order chi connectivity index (χ0) is 35.6. The van der Waals surface area contributed by atoms with E-state index in [9.17, 15) is 14.3 Å². The van der Waals surface area contributed by atoms with E-state index in [1.54, 1.807) is 6.92 Å². The molecule has 0 spiro atoms. The summed E-state index contributed by atoms with van der Waals surface area (Å²) in [4.78, 5) is 21.7. The van der Waals surface area contributed by atoms with Crippen LogP contribution < -0.4 is 0 Å². The molecule has 0 saturated carbocycles. The van der Waals surface area contributed by atoms with Gasteiger partial charge in [0.15, 0.2) is 0 Å². The smallest absolute Gasteiger partial charge is 0.457 e. The molecule has 0 aliphatic heterocycles. The minimum absolute atomic E-state index is 0.0873. The summed E-state index contributed by atoms with van der Waals surface area (Å²) in [5.74, 6) is -0.401. The van der Waals surface area contributed by atoms with E-state index in [-0.39, 0.29) is 26.2 Å². The fourth-order valence-electron chi connectivity index (χ4n) is 5.20. The monoisotopic (exact) mass is 703 g/mol. The second-order valence-corrected chi connectivity index (χ2v) is 15.7. The van der Waals surface area contributed by atoms with Gasteiger partial charge < -0.3 is 18.9 Å². The Kier molecular flexibility index (Phi) is 32.4. The molecule has 8 nitrogen and oxygen atoms in total. The first-order chi connectivity index (χ1) is 23.1. The van der Waals surface area contributed by atoms with E-state index in [4.69, 9.17) is 18.5 Å². The largest absolute Gasteiger partial charge is 0.472 e. The van der Waals surface area contributed by atoms with Crippen LogP contribution in [-0.2, 0) is 27.9 Å². The molecule has 0 aliphatic carbocycles. The number of nitrogens with zero attached hydrogens (tertiary/aromatic N) is 1. The van der Waals surface area contributed by atoms with Crippen molar-refractivity contribution in [1.29, 1.82) is 0 Å². The van der Waals surface area contributed by atoms with E-state index >= 15 is 0 Å². The highest BCUT2D eigenvalue weighted by Crippen LogP contribution is 2.43. The molecular weight excluding hydrogens is 625 g/mol. The van der Waals surface area contributed by atoms with Gasteiger partial charge in [0.1, 0.15) is 19.3 Å². The first-order valence-corrected chi connectivity index (χ1v) is 21.1. The Morgan fingerprint density at radius 3 is 1.60 bits per heavy atom. The van der Waals surface area contributed by atoms with Crippen LogP contribution in [0.3, 0.4) is 0 Å². The van der Waals surface area contributed by atoms with Crippen molar-refractivity contribution in [1.82, 2.24) is 0 Å². The van der Waals surface area contributed by atoms with E-state index < -0.39 is 19.9 Å². The summed E-state index contributed by atoms with van der Waals surface area (Å²) in [6.07, 6.45) is 37.3. The lowest BCUT2D eigenvalue weighted by molar-refractivity contribution is -0.870. The molecule has 0 bridgehead atoms. The van der Waals surface area contributed by atoms with Gasteiger partial charge in [0.25, 0.3) is 0 Å². The summed E-state index contributed by atoms with van der Waals surface area (Å²) in [5.41, 5.74) is 0. The van der Waals surface area contributed by atoms with Crippen molar-refractivity contribution in [3.05, 3.63) is 24.3 Å². The molecule has 0 aliphatic rings. The Hall–Kier alpha value is -1.02. The highest BCUT2D eigenvalue weighted by Gasteiger charge is 2.26. The number of phosphoric acid groups is 1. The van der Waals surface area contributed by atoms with Gasteiger partial charge in [-0.2, -0.15) is 0 Å². The minimum atomic E-state index is -4.23. The highest BCUT2D eigenvalue weighted by molar-refractivity contribution is 7.47. The molecule has 0 aromatic carbocycles. The molecule has 0 aromatic rings. The first-order valence-electron chi connectivity index (χ1n) is 19.6. The number of carbonyl (C=O) groups is 1. The molecule has 0 heterocycles. The topological polar surface area (TPSA) is 91.3 Å². The molecule has 1 N–H and O–H groups in total.